The molecule has 0 atom stereocenters. The summed E-state index contributed by atoms with van der Waals surface area (Å²) in [5.41, 5.74) is 12.9. The van der Waals surface area contributed by atoms with Gasteiger partial charge in [0.1, 0.15) is 5.82 Å². The van der Waals surface area contributed by atoms with E-state index in [9.17, 15) is 4.79 Å². The van der Waals surface area contributed by atoms with Gasteiger partial charge in [-0.25, -0.2) is 4.98 Å². The lowest BCUT2D eigenvalue weighted by Gasteiger charge is -2.23. The second kappa shape index (κ2) is 5.96. The lowest BCUT2D eigenvalue weighted by atomic mass is 9.83. The van der Waals surface area contributed by atoms with Gasteiger partial charge in [-0.3, -0.25) is 4.79 Å². The highest BCUT2D eigenvalue weighted by atomic mass is 16.1. The Labute approximate surface area is 109 Å². The average Bonchev–Trinajstić information content (AvgIpc) is 2.29. The normalized spacial score (nSPS) is 11.6. The van der Waals surface area contributed by atoms with Crippen molar-refractivity contribution in [1.29, 1.82) is 0 Å². The van der Waals surface area contributed by atoms with Crippen molar-refractivity contribution in [1.82, 2.24) is 4.98 Å². The van der Waals surface area contributed by atoms with Crippen molar-refractivity contribution in [3.05, 3.63) is 23.4 Å². The maximum atomic E-state index is 12.1. The molecule has 0 aromatic carbocycles. The summed E-state index contributed by atoms with van der Waals surface area (Å²) in [6.07, 6.45) is 3.89. The summed E-state index contributed by atoms with van der Waals surface area (Å²) in [4.78, 5) is 16.1. The first-order valence-corrected chi connectivity index (χ1v) is 6.31. The molecule has 0 saturated carbocycles. The molecule has 4 nitrogen and oxygen atoms in total. The second-order valence-electron chi connectivity index (χ2n) is 5.57. The fourth-order valence-corrected chi connectivity index (χ4v) is 1.91. The Morgan fingerprint density at radius 3 is 2.67 bits per heavy atom. The Bertz CT molecular complexity index is 427. The van der Waals surface area contributed by atoms with Crippen LogP contribution in [0.25, 0.3) is 0 Å². The molecule has 1 heterocycles. The highest BCUT2D eigenvalue weighted by Gasteiger charge is 2.20. The van der Waals surface area contributed by atoms with Crippen LogP contribution in [0.3, 0.4) is 0 Å². The minimum atomic E-state index is 0.0637. The number of hydrogen-bond donors (Lipinski definition) is 2. The van der Waals surface area contributed by atoms with Gasteiger partial charge in [-0.1, -0.05) is 13.8 Å². The summed E-state index contributed by atoms with van der Waals surface area (Å²) in [7, 11) is 0. The van der Waals surface area contributed by atoms with Crippen molar-refractivity contribution in [3.8, 4) is 0 Å². The SMILES string of the molecule is Cc1cnc(N)c(C(=O)CCC(C)(C)CCN)c1. The molecule has 0 bridgehead atoms. The Hall–Kier alpha value is -1.42. The van der Waals surface area contributed by atoms with Gasteiger partial charge in [0.25, 0.3) is 0 Å². The van der Waals surface area contributed by atoms with Gasteiger partial charge < -0.3 is 11.5 Å². The molecule has 0 aliphatic carbocycles. The van der Waals surface area contributed by atoms with Crippen molar-refractivity contribution >= 4 is 11.6 Å². The minimum absolute atomic E-state index is 0.0637. The minimum Gasteiger partial charge on any atom is -0.383 e. The summed E-state index contributed by atoms with van der Waals surface area (Å²) in [6.45, 7) is 6.81. The third kappa shape index (κ3) is 4.11. The number of carbonyl (C=O) groups excluding carboxylic acids is 1. The number of nitrogens with zero attached hydrogens (tertiary/aromatic N) is 1. The maximum Gasteiger partial charge on any atom is 0.166 e. The van der Waals surface area contributed by atoms with Gasteiger partial charge in [-0.2, -0.15) is 0 Å². The van der Waals surface area contributed by atoms with Crippen molar-refractivity contribution in [2.45, 2.75) is 40.0 Å². The Kier molecular flexibility index (Phi) is 4.84. The van der Waals surface area contributed by atoms with Crippen molar-refractivity contribution in [2.75, 3.05) is 12.3 Å². The van der Waals surface area contributed by atoms with E-state index in [1.54, 1.807) is 12.3 Å². The summed E-state index contributed by atoms with van der Waals surface area (Å²) in [6, 6.07) is 1.81. The van der Waals surface area contributed by atoms with Crippen LogP contribution in [0.15, 0.2) is 12.3 Å². The van der Waals surface area contributed by atoms with E-state index in [1.807, 2.05) is 6.92 Å². The number of nitrogens with two attached hydrogens (primary N) is 2. The molecule has 0 radical (unpaired) electrons. The van der Waals surface area contributed by atoms with Crippen LogP contribution in [0, 0.1) is 12.3 Å². The molecule has 18 heavy (non-hydrogen) atoms. The zero-order chi connectivity index (χ0) is 13.8. The molecule has 4 N–H and O–H groups in total. The number of Topliss-reactive ketones (excluding diaryl/α,β-unsaturated/α-hetero) is 1. The van der Waals surface area contributed by atoms with E-state index in [-0.39, 0.29) is 11.2 Å². The molecule has 1 rings (SSSR count). The van der Waals surface area contributed by atoms with E-state index in [0.29, 0.717) is 24.3 Å². The number of pyridine rings is 1. The second-order valence-corrected chi connectivity index (χ2v) is 5.57. The van der Waals surface area contributed by atoms with Gasteiger partial charge in [0.05, 0.1) is 5.56 Å². The highest BCUT2D eigenvalue weighted by Crippen LogP contribution is 2.27. The molecule has 1 aromatic rings. The quantitative estimate of drug-likeness (QED) is 0.758. The van der Waals surface area contributed by atoms with E-state index >= 15 is 0 Å². The van der Waals surface area contributed by atoms with E-state index in [1.165, 1.54) is 0 Å². The summed E-state index contributed by atoms with van der Waals surface area (Å²) < 4.78 is 0. The first kappa shape index (κ1) is 14.6. The molecular formula is C14H23N3O. The zero-order valence-electron chi connectivity index (χ0n) is 11.5. The molecule has 0 spiro atoms. The Morgan fingerprint density at radius 2 is 2.06 bits per heavy atom. The van der Waals surface area contributed by atoms with Crippen molar-refractivity contribution in [2.24, 2.45) is 11.1 Å². The smallest absolute Gasteiger partial charge is 0.166 e. The third-order valence-corrected chi connectivity index (χ3v) is 3.21. The molecule has 0 fully saturated rings. The van der Waals surface area contributed by atoms with Gasteiger partial charge in [-0.05, 0) is 43.4 Å². The topological polar surface area (TPSA) is 82.0 Å². The summed E-state index contributed by atoms with van der Waals surface area (Å²) in [5.74, 6) is 0.385. The summed E-state index contributed by atoms with van der Waals surface area (Å²) >= 11 is 0. The highest BCUT2D eigenvalue weighted by molar-refractivity contribution is 6.00. The third-order valence-electron chi connectivity index (χ3n) is 3.21. The van der Waals surface area contributed by atoms with Crippen LogP contribution in [0.5, 0.6) is 0 Å². The molecule has 0 saturated heterocycles. The molecule has 0 unspecified atom stereocenters. The Morgan fingerprint density at radius 1 is 1.39 bits per heavy atom. The molecular weight excluding hydrogens is 226 g/mol. The van der Waals surface area contributed by atoms with E-state index in [4.69, 9.17) is 11.5 Å². The number of anilines is 1. The predicted octanol–water partition coefficient (Wildman–Crippen LogP) is 2.31. The van der Waals surface area contributed by atoms with Gasteiger partial charge in [0.15, 0.2) is 5.78 Å². The van der Waals surface area contributed by atoms with E-state index < -0.39 is 0 Å². The molecule has 0 amide bonds. The van der Waals surface area contributed by atoms with Crippen LogP contribution in [-0.2, 0) is 0 Å². The van der Waals surface area contributed by atoms with Gasteiger partial charge in [0.2, 0.25) is 0 Å². The predicted molar refractivity (Wildman–Crippen MR) is 74.4 cm³/mol. The molecule has 1 aromatic heterocycles. The number of ketones is 1. The van der Waals surface area contributed by atoms with Crippen LogP contribution in [0.4, 0.5) is 5.82 Å². The van der Waals surface area contributed by atoms with Crippen LogP contribution in [0.1, 0.15) is 49.0 Å². The van der Waals surface area contributed by atoms with Crippen LogP contribution in [0.2, 0.25) is 0 Å². The first-order chi connectivity index (χ1) is 8.35. The standard InChI is InChI=1S/C14H23N3O/c1-10-8-11(13(16)17-9-10)12(18)4-5-14(2,3)6-7-15/h8-9H,4-7,15H2,1-3H3,(H2,16,17). The number of nitrogen functional groups attached to an aromatic ring is 1. The average molecular weight is 249 g/mol. The lowest BCUT2D eigenvalue weighted by molar-refractivity contribution is 0.0962. The van der Waals surface area contributed by atoms with Gasteiger partial charge in [0, 0.05) is 12.6 Å². The molecule has 0 aliphatic rings. The zero-order valence-corrected chi connectivity index (χ0v) is 11.5. The largest absolute Gasteiger partial charge is 0.383 e. The molecule has 0 aliphatic heterocycles. The van der Waals surface area contributed by atoms with E-state index in [0.717, 1.165) is 18.4 Å². The maximum absolute atomic E-state index is 12.1. The monoisotopic (exact) mass is 249 g/mol. The Balaban J connectivity index is 2.69. The van der Waals surface area contributed by atoms with Gasteiger partial charge >= 0.3 is 0 Å². The van der Waals surface area contributed by atoms with Crippen LogP contribution < -0.4 is 11.5 Å². The van der Waals surface area contributed by atoms with E-state index in [2.05, 4.69) is 18.8 Å². The lowest BCUT2D eigenvalue weighted by Crippen LogP contribution is -2.18. The van der Waals surface area contributed by atoms with Gasteiger partial charge in [-0.15, -0.1) is 0 Å². The summed E-state index contributed by atoms with van der Waals surface area (Å²) in [5, 5.41) is 0. The molecule has 4 heteroatoms. The number of aryl methyl sites for hydroxylation is 1. The number of hydrogen-bond acceptors (Lipinski definition) is 4. The fourth-order valence-electron chi connectivity index (χ4n) is 1.91. The fraction of sp³-hybridized carbons (Fsp3) is 0.571. The van der Waals surface area contributed by atoms with Crippen LogP contribution in [-0.4, -0.2) is 17.3 Å². The number of carbonyl (C=O) groups is 1. The molecule has 100 valence electrons. The number of rotatable bonds is 6. The van der Waals surface area contributed by atoms with Crippen molar-refractivity contribution < 1.29 is 4.79 Å². The van der Waals surface area contributed by atoms with Crippen molar-refractivity contribution in [3.63, 3.8) is 0 Å². The number of aromatic nitrogens is 1. The van der Waals surface area contributed by atoms with Crippen LogP contribution >= 0.6 is 0 Å². The first-order valence-electron chi connectivity index (χ1n) is 6.31.